The highest BCUT2D eigenvalue weighted by Crippen LogP contribution is 2.46. The Hall–Kier alpha value is -1.69. The van der Waals surface area contributed by atoms with Crippen molar-refractivity contribution < 1.29 is 14.6 Å². The van der Waals surface area contributed by atoms with Crippen LogP contribution in [0.15, 0.2) is 23.4 Å². The minimum Gasteiger partial charge on any atom is -0.497 e. The zero-order valence-corrected chi connectivity index (χ0v) is 12.2. The summed E-state index contributed by atoms with van der Waals surface area (Å²) in [7, 11) is 1.64. The van der Waals surface area contributed by atoms with Gasteiger partial charge in [0.15, 0.2) is 5.16 Å². The lowest BCUT2D eigenvalue weighted by molar-refractivity contribution is -0.133. The van der Waals surface area contributed by atoms with Gasteiger partial charge in [0.2, 0.25) is 0 Å². The van der Waals surface area contributed by atoms with Gasteiger partial charge in [0.05, 0.1) is 23.9 Å². The van der Waals surface area contributed by atoms with E-state index in [0.717, 1.165) is 28.4 Å². The number of carboxylic acids is 1. The molecule has 1 aliphatic carbocycles. The Labute approximate surface area is 120 Å². The highest BCUT2D eigenvalue weighted by molar-refractivity contribution is 7.99. The van der Waals surface area contributed by atoms with Gasteiger partial charge in [-0.1, -0.05) is 18.7 Å². The minimum absolute atomic E-state index is 0.0293. The van der Waals surface area contributed by atoms with Crippen LogP contribution in [0, 0.1) is 5.92 Å². The molecule has 1 heterocycles. The number of imidazole rings is 1. The van der Waals surface area contributed by atoms with Gasteiger partial charge < -0.3 is 14.4 Å². The summed E-state index contributed by atoms with van der Waals surface area (Å²) in [6, 6.07) is 6.19. The third kappa shape index (κ3) is 2.35. The van der Waals surface area contributed by atoms with E-state index in [1.165, 1.54) is 11.8 Å². The zero-order valence-electron chi connectivity index (χ0n) is 11.4. The van der Waals surface area contributed by atoms with Crippen LogP contribution in [0.4, 0.5) is 0 Å². The van der Waals surface area contributed by atoms with Gasteiger partial charge in [0, 0.05) is 12.1 Å². The number of methoxy groups -OCH3 is 1. The molecule has 2 unspecified atom stereocenters. The number of carboxylic acid groups (broad SMARTS) is 1. The molecule has 0 bridgehead atoms. The van der Waals surface area contributed by atoms with Crippen molar-refractivity contribution in [3.8, 4) is 5.75 Å². The van der Waals surface area contributed by atoms with Crippen molar-refractivity contribution in [1.82, 2.24) is 9.55 Å². The van der Waals surface area contributed by atoms with Crippen molar-refractivity contribution in [2.45, 2.75) is 24.5 Å². The summed E-state index contributed by atoms with van der Waals surface area (Å²) in [5, 5.41) is 9.63. The van der Waals surface area contributed by atoms with E-state index >= 15 is 0 Å². The number of hydrogen-bond donors (Lipinski definition) is 1. The summed E-state index contributed by atoms with van der Waals surface area (Å²) >= 11 is 1.28. The molecular weight excluding hydrogens is 276 g/mol. The lowest BCUT2D eigenvalue weighted by atomic mass is 10.3. The summed E-state index contributed by atoms with van der Waals surface area (Å²) < 4.78 is 7.43. The van der Waals surface area contributed by atoms with Crippen LogP contribution in [0.1, 0.15) is 19.4 Å². The zero-order chi connectivity index (χ0) is 14.3. The van der Waals surface area contributed by atoms with Gasteiger partial charge >= 0.3 is 5.97 Å². The van der Waals surface area contributed by atoms with Crippen LogP contribution in [0.5, 0.6) is 5.75 Å². The van der Waals surface area contributed by atoms with Crippen molar-refractivity contribution in [3.63, 3.8) is 0 Å². The molecule has 6 heteroatoms. The van der Waals surface area contributed by atoms with E-state index in [1.54, 1.807) is 7.11 Å². The first kappa shape index (κ1) is 13.3. The van der Waals surface area contributed by atoms with E-state index in [4.69, 9.17) is 9.84 Å². The number of thioether (sulfide) groups is 1. The van der Waals surface area contributed by atoms with E-state index in [2.05, 4.69) is 16.5 Å². The number of ether oxygens (including phenoxy) is 1. The molecular formula is C14H16N2O3S. The van der Waals surface area contributed by atoms with Gasteiger partial charge in [-0.15, -0.1) is 0 Å². The van der Waals surface area contributed by atoms with Crippen LogP contribution in [-0.4, -0.2) is 33.5 Å². The largest absolute Gasteiger partial charge is 0.497 e. The topological polar surface area (TPSA) is 64.3 Å². The fourth-order valence-electron chi connectivity index (χ4n) is 2.39. The summed E-state index contributed by atoms with van der Waals surface area (Å²) in [4.78, 5) is 15.3. The number of benzene rings is 1. The first-order valence-electron chi connectivity index (χ1n) is 6.50. The number of carbonyl (C=O) groups is 1. The second kappa shape index (κ2) is 5.01. The normalized spacial score (nSPS) is 21.1. The van der Waals surface area contributed by atoms with Crippen molar-refractivity contribution in [2.75, 3.05) is 12.9 Å². The number of aromatic nitrogens is 2. The van der Waals surface area contributed by atoms with Gasteiger partial charge in [-0.25, -0.2) is 4.98 Å². The van der Waals surface area contributed by atoms with E-state index in [0.29, 0.717) is 12.0 Å². The predicted molar refractivity (Wildman–Crippen MR) is 77.5 cm³/mol. The lowest BCUT2D eigenvalue weighted by Gasteiger charge is -2.07. The summed E-state index contributed by atoms with van der Waals surface area (Å²) in [6.45, 7) is 2.20. The minimum atomic E-state index is -0.824. The van der Waals surface area contributed by atoms with Crippen LogP contribution >= 0.6 is 11.8 Å². The molecule has 3 rings (SSSR count). The highest BCUT2D eigenvalue weighted by atomic mass is 32.2. The first-order chi connectivity index (χ1) is 9.60. The van der Waals surface area contributed by atoms with Crippen molar-refractivity contribution >= 4 is 28.8 Å². The molecule has 0 amide bonds. The number of nitrogens with zero attached hydrogens (tertiary/aromatic N) is 2. The Morgan fingerprint density at radius 3 is 2.95 bits per heavy atom. The molecule has 0 aliphatic heterocycles. The third-order valence-electron chi connectivity index (χ3n) is 3.59. The summed E-state index contributed by atoms with van der Waals surface area (Å²) in [6.07, 6.45) is 1.11. The maximum atomic E-state index is 10.8. The average Bonchev–Trinajstić information content (AvgIpc) is 3.02. The predicted octanol–water partition coefficient (Wildman–Crippen LogP) is 2.80. The number of fused-ring (bicyclic) bond motifs is 1. The van der Waals surface area contributed by atoms with Gasteiger partial charge in [0.1, 0.15) is 5.75 Å². The standard InChI is InChI=1S/C14H16N2O3S/c1-8-5-11(8)16-12-6-9(19-2)3-4-10(12)15-14(16)20-7-13(17)18/h3-4,6,8,11H,5,7H2,1-2H3,(H,17,18). The third-order valence-corrected chi connectivity index (χ3v) is 4.53. The highest BCUT2D eigenvalue weighted by Gasteiger charge is 2.37. The van der Waals surface area contributed by atoms with Crippen LogP contribution in [-0.2, 0) is 4.79 Å². The molecule has 1 aliphatic rings. The van der Waals surface area contributed by atoms with Crippen molar-refractivity contribution in [3.05, 3.63) is 18.2 Å². The van der Waals surface area contributed by atoms with Crippen LogP contribution in [0.3, 0.4) is 0 Å². The molecule has 20 heavy (non-hydrogen) atoms. The molecule has 1 aromatic carbocycles. The molecule has 5 nitrogen and oxygen atoms in total. The molecule has 2 aromatic rings. The number of hydrogen-bond acceptors (Lipinski definition) is 4. The molecule has 106 valence electrons. The number of aliphatic carboxylic acids is 1. The molecule has 1 saturated carbocycles. The smallest absolute Gasteiger partial charge is 0.313 e. The van der Waals surface area contributed by atoms with Crippen molar-refractivity contribution in [1.29, 1.82) is 0 Å². The Kier molecular flexibility index (Phi) is 3.33. The van der Waals surface area contributed by atoms with E-state index in [1.807, 2.05) is 18.2 Å². The Bertz CT molecular complexity index is 668. The van der Waals surface area contributed by atoms with Gasteiger partial charge in [-0.3, -0.25) is 4.79 Å². The molecule has 2 atom stereocenters. The first-order valence-corrected chi connectivity index (χ1v) is 7.49. The van der Waals surface area contributed by atoms with E-state index in [-0.39, 0.29) is 5.75 Å². The van der Waals surface area contributed by atoms with Gasteiger partial charge in [-0.2, -0.15) is 0 Å². The molecule has 0 saturated heterocycles. The second-order valence-corrected chi connectivity index (χ2v) is 6.02. The molecule has 1 aromatic heterocycles. The number of rotatable bonds is 5. The Balaban J connectivity index is 2.06. The quantitative estimate of drug-likeness (QED) is 0.858. The molecule has 1 fully saturated rings. The maximum absolute atomic E-state index is 10.8. The SMILES string of the molecule is COc1ccc2nc(SCC(=O)O)n(C3CC3C)c2c1. The van der Waals surface area contributed by atoms with Crippen molar-refractivity contribution in [2.24, 2.45) is 5.92 Å². The van der Waals surface area contributed by atoms with E-state index < -0.39 is 5.97 Å². The molecule has 0 radical (unpaired) electrons. The summed E-state index contributed by atoms with van der Waals surface area (Å²) in [5.41, 5.74) is 1.91. The van der Waals surface area contributed by atoms with Gasteiger partial charge in [-0.05, 0) is 24.5 Å². The monoisotopic (exact) mass is 292 g/mol. The van der Waals surface area contributed by atoms with Gasteiger partial charge in [0.25, 0.3) is 0 Å². The Morgan fingerprint density at radius 1 is 1.60 bits per heavy atom. The lowest BCUT2D eigenvalue weighted by Crippen LogP contribution is -2.02. The summed E-state index contributed by atoms with van der Waals surface area (Å²) in [5.74, 6) is 0.612. The fourth-order valence-corrected chi connectivity index (χ4v) is 3.18. The van der Waals surface area contributed by atoms with E-state index in [9.17, 15) is 4.79 Å². The Morgan fingerprint density at radius 2 is 2.35 bits per heavy atom. The average molecular weight is 292 g/mol. The molecule has 0 spiro atoms. The second-order valence-electron chi connectivity index (χ2n) is 5.08. The fraction of sp³-hybridized carbons (Fsp3) is 0.429. The maximum Gasteiger partial charge on any atom is 0.313 e. The molecule has 1 N–H and O–H groups in total. The van der Waals surface area contributed by atoms with Crippen LogP contribution < -0.4 is 4.74 Å². The van der Waals surface area contributed by atoms with Crippen LogP contribution in [0.2, 0.25) is 0 Å². The van der Waals surface area contributed by atoms with Crippen LogP contribution in [0.25, 0.3) is 11.0 Å².